The van der Waals surface area contributed by atoms with Gasteiger partial charge in [-0.15, -0.1) is 0 Å². The number of primary amides is 1. The number of amides is 1. The Bertz CT molecular complexity index is 443. The van der Waals surface area contributed by atoms with E-state index in [1.807, 2.05) is 20.8 Å². The first-order chi connectivity index (χ1) is 8.71. The first-order valence-electron chi connectivity index (χ1n) is 6.18. The van der Waals surface area contributed by atoms with E-state index in [0.29, 0.717) is 10.6 Å². The molecule has 0 aliphatic heterocycles. The molecule has 0 radical (unpaired) electrons. The summed E-state index contributed by atoms with van der Waals surface area (Å²) in [5.74, 6) is -0.425. The summed E-state index contributed by atoms with van der Waals surface area (Å²) in [6, 6.07) is 6.50. The molecule has 0 saturated heterocycles. The van der Waals surface area contributed by atoms with E-state index in [9.17, 15) is 9.90 Å². The lowest BCUT2D eigenvalue weighted by molar-refractivity contribution is -0.122. The minimum Gasteiger partial charge on any atom is -0.387 e. The van der Waals surface area contributed by atoms with E-state index in [1.165, 1.54) is 0 Å². The predicted octanol–water partition coefficient (Wildman–Crippen LogP) is 1.86. The van der Waals surface area contributed by atoms with Gasteiger partial charge < -0.3 is 16.2 Å². The first kappa shape index (κ1) is 16.0. The van der Waals surface area contributed by atoms with Crippen molar-refractivity contribution in [2.45, 2.75) is 32.9 Å². The Morgan fingerprint density at radius 3 is 2.58 bits per heavy atom. The van der Waals surface area contributed by atoms with E-state index < -0.39 is 18.1 Å². The lowest BCUT2D eigenvalue weighted by Gasteiger charge is -2.29. The van der Waals surface area contributed by atoms with Crippen molar-refractivity contribution in [3.63, 3.8) is 0 Å². The summed E-state index contributed by atoms with van der Waals surface area (Å²) in [5, 5.41) is 13.6. The molecular formula is C14H21ClN2O2. The highest BCUT2D eigenvalue weighted by Gasteiger charge is 2.29. The Morgan fingerprint density at radius 1 is 1.47 bits per heavy atom. The molecule has 5 heteroatoms. The second kappa shape index (κ2) is 6.37. The van der Waals surface area contributed by atoms with Gasteiger partial charge in [-0.3, -0.25) is 4.79 Å². The minimum absolute atomic E-state index is 0.241. The summed E-state index contributed by atoms with van der Waals surface area (Å²) >= 11 is 5.87. The third-order valence-electron chi connectivity index (χ3n) is 2.90. The standard InChI is InChI=1S/C14H21ClN2O2/c1-14(2,3)12(13(16)19)17-8-11(18)9-5-4-6-10(15)7-9/h4-7,11-12,17-18H,8H2,1-3H3,(H2,16,19)/t11?,12-/m1/s1. The normalized spacial score (nSPS) is 15.0. The van der Waals surface area contributed by atoms with Crippen LogP contribution in [0.1, 0.15) is 32.4 Å². The molecule has 0 saturated carbocycles. The molecule has 0 aromatic heterocycles. The Labute approximate surface area is 118 Å². The topological polar surface area (TPSA) is 75.3 Å². The summed E-state index contributed by atoms with van der Waals surface area (Å²) in [5.41, 5.74) is 5.77. The van der Waals surface area contributed by atoms with Gasteiger partial charge in [0.05, 0.1) is 12.1 Å². The van der Waals surface area contributed by atoms with Gasteiger partial charge in [-0.25, -0.2) is 0 Å². The summed E-state index contributed by atoms with van der Waals surface area (Å²) in [6.07, 6.45) is -0.733. The van der Waals surface area contributed by atoms with Gasteiger partial charge in [0, 0.05) is 11.6 Å². The largest absolute Gasteiger partial charge is 0.387 e. The zero-order valence-electron chi connectivity index (χ0n) is 11.5. The Kier molecular flexibility index (Phi) is 5.35. The molecule has 1 amide bonds. The van der Waals surface area contributed by atoms with Crippen LogP contribution < -0.4 is 11.1 Å². The summed E-state index contributed by atoms with van der Waals surface area (Å²) in [4.78, 5) is 11.4. The third-order valence-corrected chi connectivity index (χ3v) is 3.13. The predicted molar refractivity (Wildman–Crippen MR) is 76.9 cm³/mol. The van der Waals surface area contributed by atoms with Gasteiger partial charge in [0.25, 0.3) is 0 Å². The highest BCUT2D eigenvalue weighted by Crippen LogP contribution is 2.21. The van der Waals surface area contributed by atoms with E-state index in [1.54, 1.807) is 24.3 Å². The quantitative estimate of drug-likeness (QED) is 0.772. The van der Waals surface area contributed by atoms with Crippen LogP contribution in [-0.2, 0) is 4.79 Å². The molecule has 1 unspecified atom stereocenters. The van der Waals surface area contributed by atoms with Gasteiger partial charge in [0.1, 0.15) is 0 Å². The number of nitrogens with two attached hydrogens (primary N) is 1. The van der Waals surface area contributed by atoms with Gasteiger partial charge >= 0.3 is 0 Å². The van der Waals surface area contributed by atoms with Crippen LogP contribution in [0.15, 0.2) is 24.3 Å². The number of halogens is 1. The molecule has 1 aromatic rings. The number of carbonyl (C=O) groups is 1. The molecule has 19 heavy (non-hydrogen) atoms. The van der Waals surface area contributed by atoms with Crippen LogP contribution in [0.3, 0.4) is 0 Å². The number of benzene rings is 1. The number of hydrogen-bond acceptors (Lipinski definition) is 3. The number of rotatable bonds is 5. The zero-order chi connectivity index (χ0) is 14.6. The molecule has 1 rings (SSSR count). The monoisotopic (exact) mass is 284 g/mol. The van der Waals surface area contributed by atoms with Gasteiger partial charge in [-0.05, 0) is 23.1 Å². The highest BCUT2D eigenvalue weighted by molar-refractivity contribution is 6.30. The molecule has 2 atom stereocenters. The van der Waals surface area contributed by atoms with Crippen LogP contribution in [0.5, 0.6) is 0 Å². The molecule has 0 bridgehead atoms. The van der Waals surface area contributed by atoms with E-state index in [4.69, 9.17) is 17.3 Å². The van der Waals surface area contributed by atoms with Crippen molar-refractivity contribution in [1.29, 1.82) is 0 Å². The fraction of sp³-hybridized carbons (Fsp3) is 0.500. The Hall–Kier alpha value is -1.10. The molecule has 0 aliphatic rings. The smallest absolute Gasteiger partial charge is 0.235 e. The van der Waals surface area contributed by atoms with Crippen LogP contribution in [-0.4, -0.2) is 23.6 Å². The molecule has 106 valence electrons. The number of aliphatic hydroxyl groups is 1. The van der Waals surface area contributed by atoms with Crippen LogP contribution in [0, 0.1) is 5.41 Å². The fourth-order valence-electron chi connectivity index (χ4n) is 1.89. The maximum atomic E-state index is 11.4. The molecule has 0 fully saturated rings. The molecule has 0 heterocycles. The van der Waals surface area contributed by atoms with Gasteiger partial charge in [-0.2, -0.15) is 0 Å². The number of hydrogen-bond donors (Lipinski definition) is 3. The van der Waals surface area contributed by atoms with Crippen LogP contribution >= 0.6 is 11.6 Å². The van der Waals surface area contributed by atoms with Crippen molar-refractivity contribution in [3.05, 3.63) is 34.9 Å². The number of nitrogens with one attached hydrogen (secondary N) is 1. The van der Waals surface area contributed by atoms with Crippen molar-refractivity contribution >= 4 is 17.5 Å². The minimum atomic E-state index is -0.733. The summed E-state index contributed by atoms with van der Waals surface area (Å²) in [7, 11) is 0. The van der Waals surface area contributed by atoms with Gasteiger partial charge in [0.15, 0.2) is 0 Å². The SMILES string of the molecule is CC(C)(C)[C@H](NCC(O)c1cccc(Cl)c1)C(N)=O. The molecule has 0 aliphatic carbocycles. The lowest BCUT2D eigenvalue weighted by Crippen LogP contribution is -2.50. The van der Waals surface area contributed by atoms with Crippen LogP contribution in [0.25, 0.3) is 0 Å². The first-order valence-corrected chi connectivity index (χ1v) is 6.56. The maximum absolute atomic E-state index is 11.4. The zero-order valence-corrected chi connectivity index (χ0v) is 12.2. The molecular weight excluding hydrogens is 264 g/mol. The second-order valence-electron chi connectivity index (χ2n) is 5.68. The van der Waals surface area contributed by atoms with Crippen molar-refractivity contribution < 1.29 is 9.90 Å². The molecule has 1 aromatic carbocycles. The average molecular weight is 285 g/mol. The van der Waals surface area contributed by atoms with Gasteiger partial charge in [-0.1, -0.05) is 44.5 Å². The Balaban J connectivity index is 2.67. The third kappa shape index (κ3) is 4.82. The van der Waals surface area contributed by atoms with Crippen molar-refractivity contribution in [3.8, 4) is 0 Å². The van der Waals surface area contributed by atoms with Crippen LogP contribution in [0.4, 0.5) is 0 Å². The van der Waals surface area contributed by atoms with E-state index >= 15 is 0 Å². The lowest BCUT2D eigenvalue weighted by atomic mass is 9.86. The average Bonchev–Trinajstić information content (AvgIpc) is 2.26. The summed E-state index contributed by atoms with van der Waals surface area (Å²) in [6.45, 7) is 5.99. The van der Waals surface area contributed by atoms with Crippen LogP contribution in [0.2, 0.25) is 5.02 Å². The van der Waals surface area contributed by atoms with Crippen molar-refractivity contribution in [2.75, 3.05) is 6.54 Å². The maximum Gasteiger partial charge on any atom is 0.235 e. The number of carbonyl (C=O) groups excluding carboxylic acids is 1. The summed E-state index contributed by atoms with van der Waals surface area (Å²) < 4.78 is 0. The van der Waals surface area contributed by atoms with E-state index in [2.05, 4.69) is 5.32 Å². The van der Waals surface area contributed by atoms with Crippen molar-refractivity contribution in [2.24, 2.45) is 11.1 Å². The fourth-order valence-corrected chi connectivity index (χ4v) is 2.09. The molecule has 0 spiro atoms. The van der Waals surface area contributed by atoms with Crippen molar-refractivity contribution in [1.82, 2.24) is 5.32 Å². The second-order valence-corrected chi connectivity index (χ2v) is 6.12. The Morgan fingerprint density at radius 2 is 2.11 bits per heavy atom. The van der Waals surface area contributed by atoms with E-state index in [-0.39, 0.29) is 12.0 Å². The number of aliphatic hydroxyl groups excluding tert-OH is 1. The van der Waals surface area contributed by atoms with Gasteiger partial charge in [0.2, 0.25) is 5.91 Å². The molecule has 4 nitrogen and oxygen atoms in total. The highest BCUT2D eigenvalue weighted by atomic mass is 35.5. The van der Waals surface area contributed by atoms with E-state index in [0.717, 1.165) is 0 Å². The molecule has 4 N–H and O–H groups in total.